The number of hydrogen-bond donors (Lipinski definition) is 2. The summed E-state index contributed by atoms with van der Waals surface area (Å²) >= 11 is 5.83. The molecular weight excluding hydrogens is 334 g/mol. The predicted molar refractivity (Wildman–Crippen MR) is 72.8 cm³/mol. The van der Waals surface area contributed by atoms with Crippen LogP contribution in [-0.4, -0.2) is 32.8 Å². The zero-order chi connectivity index (χ0) is 15.6. The molecule has 0 atom stereocenters. The average Bonchev–Trinajstić information content (AvgIpc) is 2.63. The second kappa shape index (κ2) is 6.33. The molecule has 1 amide bonds. The standard InChI is InChI=1S/C10H13ClF2N2O3S2/c1-6-5-8(7(2)19-6)20(17,18)15-4-3-14-9(16)10(11,12)13/h5,15H,3-4H2,1-2H3,(H,14,16). The molecule has 1 aromatic heterocycles. The summed E-state index contributed by atoms with van der Waals surface area (Å²) in [5, 5.41) is -2.18. The van der Waals surface area contributed by atoms with E-state index in [2.05, 4.69) is 16.3 Å². The molecule has 10 heteroatoms. The molecular formula is C10H13ClF2N2O3S2. The van der Waals surface area contributed by atoms with Crippen molar-refractivity contribution in [2.24, 2.45) is 0 Å². The highest BCUT2D eigenvalue weighted by atomic mass is 35.5. The molecule has 0 saturated carbocycles. The Morgan fingerprint density at radius 2 is 2.00 bits per heavy atom. The number of carbonyl (C=O) groups excluding carboxylic acids is 1. The van der Waals surface area contributed by atoms with Gasteiger partial charge in [0.25, 0.3) is 0 Å². The van der Waals surface area contributed by atoms with E-state index in [0.717, 1.165) is 4.88 Å². The van der Waals surface area contributed by atoms with Crippen LogP contribution < -0.4 is 10.0 Å². The lowest BCUT2D eigenvalue weighted by molar-refractivity contribution is -0.135. The fourth-order valence-corrected chi connectivity index (χ4v) is 4.07. The molecule has 0 bridgehead atoms. The van der Waals surface area contributed by atoms with E-state index in [-0.39, 0.29) is 18.0 Å². The Morgan fingerprint density at radius 3 is 2.45 bits per heavy atom. The average molecular weight is 347 g/mol. The Balaban J connectivity index is 2.54. The molecule has 2 N–H and O–H groups in total. The minimum atomic E-state index is -4.00. The molecule has 0 saturated heterocycles. The topological polar surface area (TPSA) is 75.3 Å². The van der Waals surface area contributed by atoms with E-state index < -0.39 is 21.3 Å². The third-order valence-corrected chi connectivity index (χ3v) is 5.10. The van der Waals surface area contributed by atoms with Crippen molar-refractivity contribution in [2.75, 3.05) is 13.1 Å². The van der Waals surface area contributed by atoms with Crippen molar-refractivity contribution < 1.29 is 22.0 Å². The zero-order valence-corrected chi connectivity index (χ0v) is 13.1. The summed E-state index contributed by atoms with van der Waals surface area (Å²) in [4.78, 5) is 12.4. The summed E-state index contributed by atoms with van der Waals surface area (Å²) < 4.78 is 50.7. The first-order valence-electron chi connectivity index (χ1n) is 5.46. The second-order valence-corrected chi connectivity index (χ2v) is 7.60. The fraction of sp³-hybridized carbons (Fsp3) is 0.500. The number of thiophene rings is 1. The molecule has 0 aliphatic carbocycles. The number of aryl methyl sites for hydroxylation is 2. The maximum Gasteiger partial charge on any atom is 0.399 e. The van der Waals surface area contributed by atoms with Gasteiger partial charge in [0.2, 0.25) is 10.0 Å². The van der Waals surface area contributed by atoms with Gasteiger partial charge < -0.3 is 5.32 Å². The smallest absolute Gasteiger partial charge is 0.348 e. The lowest BCUT2D eigenvalue weighted by atomic mass is 10.4. The highest BCUT2D eigenvalue weighted by molar-refractivity contribution is 7.89. The van der Waals surface area contributed by atoms with Crippen LogP contribution in [0.15, 0.2) is 11.0 Å². The number of nitrogens with one attached hydrogen (secondary N) is 2. The normalized spacial score (nSPS) is 12.4. The van der Waals surface area contributed by atoms with E-state index in [1.807, 2.05) is 5.32 Å². The number of amides is 1. The fourth-order valence-electron chi connectivity index (χ4n) is 1.41. The summed E-state index contributed by atoms with van der Waals surface area (Å²) in [5.74, 6) is -1.67. The number of hydrogen-bond acceptors (Lipinski definition) is 4. The van der Waals surface area contributed by atoms with Crippen LogP contribution in [0.2, 0.25) is 0 Å². The molecule has 0 radical (unpaired) electrons. The molecule has 0 aliphatic rings. The van der Waals surface area contributed by atoms with Gasteiger partial charge in [0.15, 0.2) is 0 Å². The van der Waals surface area contributed by atoms with Crippen LogP contribution in [0.1, 0.15) is 9.75 Å². The third kappa shape index (κ3) is 4.65. The highest BCUT2D eigenvalue weighted by Gasteiger charge is 2.35. The van der Waals surface area contributed by atoms with Crippen molar-refractivity contribution in [2.45, 2.75) is 24.1 Å². The van der Waals surface area contributed by atoms with Gasteiger partial charge in [-0.1, -0.05) is 0 Å². The van der Waals surface area contributed by atoms with Crippen molar-refractivity contribution in [3.05, 3.63) is 15.8 Å². The maximum atomic E-state index is 12.3. The molecule has 0 spiro atoms. The van der Waals surface area contributed by atoms with Gasteiger partial charge in [-0.2, -0.15) is 8.78 Å². The molecule has 20 heavy (non-hydrogen) atoms. The van der Waals surface area contributed by atoms with Crippen LogP contribution in [0.25, 0.3) is 0 Å². The number of carbonyl (C=O) groups is 1. The molecule has 0 aliphatic heterocycles. The van der Waals surface area contributed by atoms with Gasteiger partial charge in [0, 0.05) is 22.8 Å². The van der Waals surface area contributed by atoms with Crippen molar-refractivity contribution >= 4 is 38.9 Å². The van der Waals surface area contributed by atoms with Crippen LogP contribution >= 0.6 is 22.9 Å². The van der Waals surface area contributed by atoms with Crippen molar-refractivity contribution in [1.29, 1.82) is 0 Å². The quantitative estimate of drug-likeness (QED) is 0.606. The molecule has 1 aromatic rings. The van der Waals surface area contributed by atoms with Crippen LogP contribution in [0, 0.1) is 13.8 Å². The molecule has 0 unspecified atom stereocenters. The maximum absolute atomic E-state index is 12.3. The number of rotatable bonds is 6. The molecule has 114 valence electrons. The van der Waals surface area contributed by atoms with Crippen LogP contribution in [0.5, 0.6) is 0 Å². The Morgan fingerprint density at radius 1 is 1.40 bits per heavy atom. The van der Waals surface area contributed by atoms with Gasteiger partial charge >= 0.3 is 11.3 Å². The molecule has 1 heterocycles. The first-order chi connectivity index (χ1) is 9.04. The minimum absolute atomic E-state index is 0.147. The lowest BCUT2D eigenvalue weighted by Gasteiger charge is -2.10. The Labute approximate surface area is 124 Å². The highest BCUT2D eigenvalue weighted by Crippen LogP contribution is 2.24. The van der Waals surface area contributed by atoms with Gasteiger partial charge in [0.1, 0.15) is 0 Å². The predicted octanol–water partition coefficient (Wildman–Crippen LogP) is 1.59. The van der Waals surface area contributed by atoms with E-state index in [9.17, 15) is 22.0 Å². The first-order valence-corrected chi connectivity index (χ1v) is 8.13. The van der Waals surface area contributed by atoms with Crippen LogP contribution in [0.4, 0.5) is 8.78 Å². The van der Waals surface area contributed by atoms with Gasteiger partial charge in [-0.05, 0) is 31.5 Å². The van der Waals surface area contributed by atoms with E-state index in [1.54, 1.807) is 13.8 Å². The van der Waals surface area contributed by atoms with Crippen LogP contribution in [-0.2, 0) is 14.8 Å². The van der Waals surface area contributed by atoms with Gasteiger partial charge in [0.05, 0.1) is 4.90 Å². The summed E-state index contributed by atoms with van der Waals surface area (Å²) in [6, 6.07) is 1.52. The largest absolute Gasteiger partial charge is 0.399 e. The Hall–Kier alpha value is -0.770. The third-order valence-electron chi connectivity index (χ3n) is 2.25. The second-order valence-electron chi connectivity index (χ2n) is 3.93. The lowest BCUT2D eigenvalue weighted by Crippen LogP contribution is -2.40. The zero-order valence-electron chi connectivity index (χ0n) is 10.7. The van der Waals surface area contributed by atoms with Gasteiger partial charge in [-0.15, -0.1) is 11.3 Å². The van der Waals surface area contributed by atoms with E-state index >= 15 is 0 Å². The summed E-state index contributed by atoms with van der Waals surface area (Å²) in [6.07, 6.45) is 0. The van der Waals surface area contributed by atoms with Crippen molar-refractivity contribution in [3.63, 3.8) is 0 Å². The van der Waals surface area contributed by atoms with Crippen LogP contribution in [0.3, 0.4) is 0 Å². The summed E-state index contributed by atoms with van der Waals surface area (Å²) in [7, 11) is -3.71. The molecule has 1 rings (SSSR count). The summed E-state index contributed by atoms with van der Waals surface area (Å²) in [6.45, 7) is 2.94. The monoisotopic (exact) mass is 346 g/mol. The SMILES string of the molecule is Cc1cc(S(=O)(=O)NCCNC(=O)C(F)(F)Cl)c(C)s1. The van der Waals surface area contributed by atoms with E-state index in [4.69, 9.17) is 0 Å². The van der Waals surface area contributed by atoms with Crippen molar-refractivity contribution in [3.8, 4) is 0 Å². The first kappa shape index (κ1) is 17.3. The minimum Gasteiger partial charge on any atom is -0.348 e. The number of halogens is 3. The van der Waals surface area contributed by atoms with E-state index in [0.29, 0.717) is 4.88 Å². The number of sulfonamides is 1. The van der Waals surface area contributed by atoms with Crippen molar-refractivity contribution in [1.82, 2.24) is 10.0 Å². The number of alkyl halides is 3. The van der Waals surface area contributed by atoms with E-state index in [1.165, 1.54) is 17.4 Å². The Bertz CT molecular complexity index is 596. The summed E-state index contributed by atoms with van der Waals surface area (Å²) in [5.41, 5.74) is 0. The molecule has 5 nitrogen and oxygen atoms in total. The molecule has 0 aromatic carbocycles. The molecule has 0 fully saturated rings. The van der Waals surface area contributed by atoms with Gasteiger partial charge in [-0.25, -0.2) is 13.1 Å². The Kier molecular flexibility index (Phi) is 5.47. The van der Waals surface area contributed by atoms with Gasteiger partial charge in [-0.3, -0.25) is 4.79 Å².